The first-order chi connectivity index (χ1) is 16.1. The number of anilines is 2. The van der Waals surface area contributed by atoms with E-state index in [0.717, 1.165) is 12.3 Å². The van der Waals surface area contributed by atoms with E-state index in [1.807, 2.05) is 0 Å². The molecular formula is C21H17ClN2O8S2. The first-order valence-electron chi connectivity index (χ1n) is 9.68. The maximum Gasteiger partial charge on any atom is 0.341 e. The Hall–Kier alpha value is -3.48. The van der Waals surface area contributed by atoms with E-state index >= 15 is 0 Å². The number of carbonyl (C=O) groups is 1. The van der Waals surface area contributed by atoms with E-state index in [1.165, 1.54) is 24.3 Å². The molecule has 0 saturated carbocycles. The summed E-state index contributed by atoms with van der Waals surface area (Å²) in [5.74, 6) is -0.751. The number of halogens is 1. The third kappa shape index (κ3) is 4.88. The van der Waals surface area contributed by atoms with Crippen LogP contribution >= 0.6 is 11.6 Å². The van der Waals surface area contributed by atoms with Crippen LogP contribution < -0.4 is 9.44 Å². The lowest BCUT2D eigenvalue weighted by Crippen LogP contribution is -2.17. The standard InChI is InChI=1S/C21H17ClN2O8S2/c1-2-30-21(25)14-10-19(31-12-14)33(26,27)23-16-8-7-15(22)11-17(16)24-34(28,29)20-9-13-5-3-4-6-18(13)32-20/h3-12,23-24H,2H2,1H3. The number of para-hydroxylation sites is 1. The van der Waals surface area contributed by atoms with Gasteiger partial charge in [0.25, 0.3) is 20.0 Å². The Kier molecular flexibility index (Phi) is 6.30. The molecular weight excluding hydrogens is 508 g/mol. The van der Waals surface area contributed by atoms with Crippen LogP contribution in [0.3, 0.4) is 0 Å². The average molecular weight is 525 g/mol. The molecule has 178 valence electrons. The van der Waals surface area contributed by atoms with Gasteiger partial charge in [0.05, 0.1) is 23.5 Å². The summed E-state index contributed by atoms with van der Waals surface area (Å²) in [6.07, 6.45) is 0.944. The SMILES string of the molecule is CCOC(=O)c1coc(S(=O)(=O)Nc2ccc(Cl)cc2NS(=O)(=O)c2cc3ccccc3o2)c1. The first kappa shape index (κ1) is 23.7. The summed E-state index contributed by atoms with van der Waals surface area (Å²) in [5.41, 5.74) is -0.0267. The smallest absolute Gasteiger partial charge is 0.341 e. The maximum absolute atomic E-state index is 12.9. The molecule has 4 rings (SSSR count). The molecule has 0 aliphatic rings. The minimum absolute atomic E-state index is 0.0934. The molecule has 0 radical (unpaired) electrons. The number of esters is 1. The lowest BCUT2D eigenvalue weighted by Gasteiger charge is -2.13. The minimum atomic E-state index is -4.34. The van der Waals surface area contributed by atoms with Gasteiger partial charge < -0.3 is 13.6 Å². The van der Waals surface area contributed by atoms with E-state index in [0.29, 0.717) is 11.0 Å². The molecule has 2 aromatic carbocycles. The zero-order valence-corrected chi connectivity index (χ0v) is 19.8. The number of rotatable bonds is 8. The van der Waals surface area contributed by atoms with Gasteiger partial charge in [-0.1, -0.05) is 29.8 Å². The van der Waals surface area contributed by atoms with Crippen molar-refractivity contribution in [1.82, 2.24) is 0 Å². The molecule has 13 heteroatoms. The summed E-state index contributed by atoms with van der Waals surface area (Å²) >= 11 is 6.01. The summed E-state index contributed by atoms with van der Waals surface area (Å²) in [6.45, 7) is 1.70. The molecule has 2 heterocycles. The fourth-order valence-corrected chi connectivity index (χ4v) is 5.19. The molecule has 0 bridgehead atoms. The van der Waals surface area contributed by atoms with Crippen molar-refractivity contribution in [3.05, 3.63) is 71.4 Å². The van der Waals surface area contributed by atoms with Gasteiger partial charge >= 0.3 is 5.97 Å². The van der Waals surface area contributed by atoms with Crippen molar-refractivity contribution in [1.29, 1.82) is 0 Å². The van der Waals surface area contributed by atoms with Gasteiger partial charge in [0.1, 0.15) is 11.8 Å². The van der Waals surface area contributed by atoms with Gasteiger partial charge in [-0.05, 0) is 31.2 Å². The molecule has 0 atom stereocenters. The van der Waals surface area contributed by atoms with Gasteiger partial charge in [-0.3, -0.25) is 9.44 Å². The van der Waals surface area contributed by atoms with Crippen molar-refractivity contribution < 1.29 is 35.2 Å². The highest BCUT2D eigenvalue weighted by Gasteiger charge is 2.25. The average Bonchev–Trinajstić information content (AvgIpc) is 3.44. The fourth-order valence-electron chi connectivity index (χ4n) is 2.95. The molecule has 0 saturated heterocycles. The second-order valence-corrected chi connectivity index (χ2v) is 10.5. The number of furan rings is 2. The molecule has 0 aliphatic heterocycles. The van der Waals surface area contributed by atoms with E-state index < -0.39 is 31.1 Å². The molecule has 0 amide bonds. The Bertz CT molecular complexity index is 1560. The van der Waals surface area contributed by atoms with Gasteiger partial charge in [0.2, 0.25) is 10.2 Å². The molecule has 0 spiro atoms. The number of carbonyl (C=O) groups excluding carboxylic acids is 1. The predicted molar refractivity (Wildman–Crippen MR) is 124 cm³/mol. The Labute approximate surface area is 199 Å². The van der Waals surface area contributed by atoms with Crippen molar-refractivity contribution in [2.24, 2.45) is 0 Å². The van der Waals surface area contributed by atoms with Crippen LogP contribution in [0.4, 0.5) is 11.4 Å². The van der Waals surface area contributed by atoms with Crippen LogP contribution in [0.25, 0.3) is 11.0 Å². The van der Waals surface area contributed by atoms with Crippen LogP contribution in [0.1, 0.15) is 17.3 Å². The normalized spacial score (nSPS) is 11.9. The summed E-state index contributed by atoms with van der Waals surface area (Å²) < 4.78 is 71.2. The molecule has 4 aromatic rings. The van der Waals surface area contributed by atoms with Gasteiger partial charge in [-0.25, -0.2) is 4.79 Å². The van der Waals surface area contributed by atoms with Crippen molar-refractivity contribution in [3.8, 4) is 0 Å². The Morgan fingerprint density at radius 2 is 1.65 bits per heavy atom. The predicted octanol–water partition coefficient (Wildman–Crippen LogP) is 4.46. The number of hydrogen-bond acceptors (Lipinski definition) is 8. The number of hydrogen-bond donors (Lipinski definition) is 2. The number of nitrogens with one attached hydrogen (secondary N) is 2. The fraction of sp³-hybridized carbons (Fsp3) is 0.0952. The van der Waals surface area contributed by atoms with E-state index in [2.05, 4.69) is 9.44 Å². The van der Waals surface area contributed by atoms with E-state index in [4.69, 9.17) is 25.2 Å². The lowest BCUT2D eigenvalue weighted by atomic mass is 10.3. The largest absolute Gasteiger partial charge is 0.462 e. The highest BCUT2D eigenvalue weighted by molar-refractivity contribution is 7.93. The molecule has 0 unspecified atom stereocenters. The van der Waals surface area contributed by atoms with Gasteiger partial charge in [-0.2, -0.15) is 16.8 Å². The zero-order valence-electron chi connectivity index (χ0n) is 17.4. The Balaban J connectivity index is 1.64. The van der Waals surface area contributed by atoms with Crippen LogP contribution in [0.15, 0.2) is 79.9 Å². The highest BCUT2D eigenvalue weighted by Crippen LogP contribution is 2.31. The second kappa shape index (κ2) is 9.05. The maximum atomic E-state index is 12.9. The quantitative estimate of drug-likeness (QED) is 0.321. The molecule has 0 fully saturated rings. The summed E-state index contributed by atoms with van der Waals surface area (Å²) in [5, 5.41) is -0.220. The summed E-state index contributed by atoms with van der Waals surface area (Å²) in [6, 6.07) is 12.9. The number of sulfonamides is 2. The van der Waals surface area contributed by atoms with Crippen LogP contribution in [0, 0.1) is 0 Å². The minimum Gasteiger partial charge on any atom is -0.462 e. The monoisotopic (exact) mass is 524 g/mol. The summed E-state index contributed by atoms with van der Waals surface area (Å²) in [4.78, 5) is 11.8. The lowest BCUT2D eigenvalue weighted by molar-refractivity contribution is 0.0525. The first-order valence-corrected chi connectivity index (χ1v) is 13.0. The number of ether oxygens (including phenoxy) is 1. The molecule has 2 aromatic heterocycles. The number of fused-ring (bicyclic) bond motifs is 1. The molecule has 34 heavy (non-hydrogen) atoms. The van der Waals surface area contributed by atoms with Crippen molar-refractivity contribution in [2.75, 3.05) is 16.1 Å². The van der Waals surface area contributed by atoms with Gasteiger partial charge in [-0.15, -0.1) is 0 Å². The topological polar surface area (TPSA) is 145 Å². The van der Waals surface area contributed by atoms with Crippen LogP contribution in [-0.2, 0) is 24.8 Å². The third-order valence-corrected chi connectivity index (χ3v) is 7.18. The Morgan fingerprint density at radius 3 is 2.38 bits per heavy atom. The van der Waals surface area contributed by atoms with E-state index in [9.17, 15) is 21.6 Å². The van der Waals surface area contributed by atoms with Crippen LogP contribution in [0.2, 0.25) is 5.02 Å². The van der Waals surface area contributed by atoms with Crippen LogP contribution in [0.5, 0.6) is 0 Å². The van der Waals surface area contributed by atoms with Gasteiger partial charge in [0, 0.05) is 22.5 Å². The summed E-state index contributed by atoms with van der Waals surface area (Å²) in [7, 11) is -8.59. The molecule has 0 aliphatic carbocycles. The zero-order chi connectivity index (χ0) is 24.5. The molecule has 10 nitrogen and oxygen atoms in total. The van der Waals surface area contributed by atoms with Gasteiger partial charge in [0.15, 0.2) is 0 Å². The second-order valence-electron chi connectivity index (χ2n) is 6.88. The molecule has 2 N–H and O–H groups in total. The third-order valence-electron chi connectivity index (χ3n) is 4.49. The highest BCUT2D eigenvalue weighted by atomic mass is 35.5. The number of benzene rings is 2. The Morgan fingerprint density at radius 1 is 0.941 bits per heavy atom. The van der Waals surface area contributed by atoms with E-state index in [1.54, 1.807) is 31.2 Å². The van der Waals surface area contributed by atoms with E-state index in [-0.39, 0.29) is 33.7 Å². The van der Waals surface area contributed by atoms with Crippen molar-refractivity contribution in [2.45, 2.75) is 17.1 Å². The van der Waals surface area contributed by atoms with Crippen molar-refractivity contribution >= 4 is 60.0 Å². The van der Waals surface area contributed by atoms with Crippen LogP contribution in [-0.4, -0.2) is 29.4 Å². The van der Waals surface area contributed by atoms with Crippen molar-refractivity contribution in [3.63, 3.8) is 0 Å².